The van der Waals surface area contributed by atoms with Crippen molar-refractivity contribution in [3.63, 3.8) is 0 Å². The lowest BCUT2D eigenvalue weighted by Crippen LogP contribution is -2.44. The highest BCUT2D eigenvalue weighted by atomic mass is 16.7. The van der Waals surface area contributed by atoms with Crippen molar-refractivity contribution in [3.8, 4) is 0 Å². The van der Waals surface area contributed by atoms with Crippen LogP contribution in [0.3, 0.4) is 0 Å². The van der Waals surface area contributed by atoms with Gasteiger partial charge in [0.25, 0.3) is 0 Å². The highest BCUT2D eigenvalue weighted by molar-refractivity contribution is 6.52. The number of anilines is 1. The second-order valence-electron chi connectivity index (χ2n) is 7.87. The molecule has 1 aromatic carbocycles. The molecule has 24 heavy (non-hydrogen) atoms. The second-order valence-corrected chi connectivity index (χ2v) is 7.87. The molecule has 5 heteroatoms. The van der Waals surface area contributed by atoms with E-state index in [4.69, 9.17) is 9.31 Å². The molecule has 130 valence electrons. The number of hydrogen-bond donors (Lipinski definition) is 0. The molecular formula is C19H29BN2O2. The van der Waals surface area contributed by atoms with Gasteiger partial charge in [0.2, 0.25) is 0 Å². The zero-order valence-electron chi connectivity index (χ0n) is 15.6. The molecule has 2 aliphatic rings. The summed E-state index contributed by atoms with van der Waals surface area (Å²) in [5, 5.41) is 0. The normalized spacial score (nSPS) is 24.0. The molecule has 3 rings (SSSR count). The smallest absolute Gasteiger partial charge is 0.400 e. The Morgan fingerprint density at radius 1 is 0.917 bits per heavy atom. The van der Waals surface area contributed by atoms with Crippen LogP contribution >= 0.6 is 0 Å². The largest absolute Gasteiger partial charge is 0.487 e. The molecule has 2 aliphatic heterocycles. The number of nitrogens with zero attached hydrogens (tertiary/aromatic N) is 2. The third kappa shape index (κ3) is 3.69. The zero-order chi connectivity index (χ0) is 17.4. The van der Waals surface area contributed by atoms with E-state index in [0.29, 0.717) is 0 Å². The van der Waals surface area contributed by atoms with Gasteiger partial charge in [0.05, 0.1) is 11.2 Å². The molecule has 0 atom stereocenters. The van der Waals surface area contributed by atoms with Crippen molar-refractivity contribution in [2.24, 2.45) is 0 Å². The fourth-order valence-corrected chi connectivity index (χ4v) is 3.02. The number of piperazine rings is 1. The lowest BCUT2D eigenvalue weighted by molar-refractivity contribution is 0.00578. The van der Waals surface area contributed by atoms with Crippen LogP contribution in [0.5, 0.6) is 0 Å². The predicted molar refractivity (Wildman–Crippen MR) is 101 cm³/mol. The maximum Gasteiger partial charge on any atom is 0.487 e. The van der Waals surface area contributed by atoms with Gasteiger partial charge in [0, 0.05) is 31.9 Å². The molecule has 0 radical (unpaired) electrons. The van der Waals surface area contributed by atoms with Crippen molar-refractivity contribution in [2.45, 2.75) is 38.9 Å². The van der Waals surface area contributed by atoms with E-state index in [0.717, 1.165) is 26.2 Å². The summed E-state index contributed by atoms with van der Waals surface area (Å²) < 4.78 is 12.0. The Morgan fingerprint density at radius 3 is 2.00 bits per heavy atom. The van der Waals surface area contributed by atoms with Gasteiger partial charge < -0.3 is 19.1 Å². The second kappa shape index (κ2) is 6.55. The molecule has 0 bridgehead atoms. The average Bonchev–Trinajstić information content (AvgIpc) is 2.74. The molecule has 2 fully saturated rings. The molecule has 2 saturated heterocycles. The predicted octanol–water partition coefficient (Wildman–Crippen LogP) is 3.08. The molecule has 4 nitrogen and oxygen atoms in total. The van der Waals surface area contributed by atoms with Gasteiger partial charge in [-0.2, -0.15) is 0 Å². The first kappa shape index (κ1) is 17.5. The van der Waals surface area contributed by atoms with Crippen LogP contribution in [0.2, 0.25) is 0 Å². The Bertz CT molecular complexity index is 574. The number of hydrogen-bond acceptors (Lipinski definition) is 4. The van der Waals surface area contributed by atoms with Crippen LogP contribution in [0.4, 0.5) is 5.69 Å². The van der Waals surface area contributed by atoms with Gasteiger partial charge in [-0.05, 0) is 52.4 Å². The minimum Gasteiger partial charge on any atom is -0.400 e. The van der Waals surface area contributed by atoms with Crippen LogP contribution in [-0.4, -0.2) is 56.4 Å². The first-order chi connectivity index (χ1) is 11.3. The van der Waals surface area contributed by atoms with Gasteiger partial charge in [0.15, 0.2) is 0 Å². The molecule has 0 unspecified atom stereocenters. The number of likely N-dealkylation sites (N-methyl/N-ethyl adjacent to an activating group) is 1. The van der Waals surface area contributed by atoms with E-state index in [1.54, 1.807) is 0 Å². The summed E-state index contributed by atoms with van der Waals surface area (Å²) in [5.74, 6) is 2.00. The third-order valence-electron chi connectivity index (χ3n) is 5.48. The summed E-state index contributed by atoms with van der Waals surface area (Å²) in [6.07, 6.45) is 2.08. The van der Waals surface area contributed by atoms with Gasteiger partial charge in [-0.3, -0.25) is 0 Å². The zero-order valence-corrected chi connectivity index (χ0v) is 15.6. The lowest BCUT2D eigenvalue weighted by atomic mass is 9.89. The summed E-state index contributed by atoms with van der Waals surface area (Å²) in [6.45, 7) is 12.8. The summed E-state index contributed by atoms with van der Waals surface area (Å²) in [7, 11) is 1.90. The van der Waals surface area contributed by atoms with Crippen molar-refractivity contribution in [1.82, 2.24) is 4.90 Å². The van der Waals surface area contributed by atoms with Gasteiger partial charge in [0.1, 0.15) is 0 Å². The van der Waals surface area contributed by atoms with Crippen molar-refractivity contribution in [2.75, 3.05) is 38.1 Å². The quantitative estimate of drug-likeness (QED) is 0.796. The van der Waals surface area contributed by atoms with Gasteiger partial charge in [-0.15, -0.1) is 0 Å². The van der Waals surface area contributed by atoms with Crippen molar-refractivity contribution < 1.29 is 9.31 Å². The van der Waals surface area contributed by atoms with Crippen molar-refractivity contribution in [3.05, 3.63) is 35.8 Å². The maximum absolute atomic E-state index is 5.99. The summed E-state index contributed by atoms with van der Waals surface area (Å²) in [5.41, 5.74) is 1.90. The molecule has 0 amide bonds. The fraction of sp³-hybridized carbons (Fsp3) is 0.579. The Balaban J connectivity index is 1.61. The molecule has 2 heterocycles. The van der Waals surface area contributed by atoms with E-state index in [1.807, 2.05) is 5.98 Å². The molecule has 0 aromatic heterocycles. The van der Waals surface area contributed by atoms with E-state index in [1.165, 1.54) is 11.3 Å². The van der Waals surface area contributed by atoms with Crippen LogP contribution in [-0.2, 0) is 9.31 Å². The first-order valence-corrected chi connectivity index (χ1v) is 8.84. The van der Waals surface area contributed by atoms with Crippen LogP contribution in [0.1, 0.15) is 33.3 Å². The van der Waals surface area contributed by atoms with Crippen LogP contribution in [0.15, 0.2) is 30.2 Å². The number of rotatable bonds is 3. The average molecular weight is 328 g/mol. The van der Waals surface area contributed by atoms with Gasteiger partial charge in [-0.1, -0.05) is 24.2 Å². The summed E-state index contributed by atoms with van der Waals surface area (Å²) >= 11 is 0. The van der Waals surface area contributed by atoms with Gasteiger partial charge >= 0.3 is 7.12 Å². The van der Waals surface area contributed by atoms with Crippen molar-refractivity contribution in [1.29, 1.82) is 0 Å². The summed E-state index contributed by atoms with van der Waals surface area (Å²) in [4.78, 5) is 4.82. The SMILES string of the molecule is CN1CCN(c2ccc(C=CB3OC(C)(C)C(C)(C)O3)cc2)CC1. The number of benzene rings is 1. The molecule has 0 aliphatic carbocycles. The molecule has 0 N–H and O–H groups in total. The minimum absolute atomic E-state index is 0.284. The highest BCUT2D eigenvalue weighted by Crippen LogP contribution is 2.37. The minimum atomic E-state index is -0.285. The Hall–Kier alpha value is -1.30. The van der Waals surface area contributed by atoms with Gasteiger partial charge in [-0.25, -0.2) is 0 Å². The highest BCUT2D eigenvalue weighted by Gasteiger charge is 2.49. The fourth-order valence-electron chi connectivity index (χ4n) is 3.02. The first-order valence-electron chi connectivity index (χ1n) is 8.84. The van der Waals surface area contributed by atoms with Crippen LogP contribution in [0.25, 0.3) is 6.08 Å². The monoisotopic (exact) mass is 328 g/mol. The Kier molecular flexibility index (Phi) is 4.78. The standard InChI is InChI=1S/C19H29BN2O2/c1-18(2)19(3,4)24-20(23-18)11-10-16-6-8-17(9-7-16)22-14-12-21(5)13-15-22/h6-11H,12-15H2,1-5H3. The third-order valence-corrected chi connectivity index (χ3v) is 5.48. The topological polar surface area (TPSA) is 24.9 Å². The Morgan fingerprint density at radius 2 is 1.46 bits per heavy atom. The summed E-state index contributed by atoms with van der Waals surface area (Å²) in [6, 6.07) is 8.73. The molecule has 0 saturated carbocycles. The van der Waals surface area contributed by atoms with Crippen molar-refractivity contribution >= 4 is 18.9 Å². The molecule has 0 spiro atoms. The van der Waals surface area contributed by atoms with E-state index in [9.17, 15) is 0 Å². The maximum atomic E-state index is 5.99. The Labute approximate surface area is 146 Å². The lowest BCUT2D eigenvalue weighted by Gasteiger charge is -2.34. The molecule has 1 aromatic rings. The van der Waals surface area contributed by atoms with E-state index >= 15 is 0 Å². The van der Waals surface area contributed by atoms with Crippen LogP contribution in [0, 0.1) is 0 Å². The van der Waals surface area contributed by atoms with E-state index < -0.39 is 0 Å². The molecular weight excluding hydrogens is 299 g/mol. The van der Waals surface area contributed by atoms with Crippen LogP contribution < -0.4 is 4.90 Å². The van der Waals surface area contributed by atoms with E-state index in [2.05, 4.69) is 74.9 Å². The van der Waals surface area contributed by atoms with E-state index in [-0.39, 0.29) is 18.3 Å².